The molecule has 0 aliphatic carbocycles. The van der Waals surface area contributed by atoms with Gasteiger partial charge in [-0.05, 0) is 49.5 Å². The standard InChI is InChI=1S/C20H24BrN3O2/c1-24(2)14-16-5-3-15(4-6-16)13-23-19(25)11-12-22-20(26)17-7-9-18(21)10-8-17/h3-10H,11-14H2,1-2H3,(H,22,26)(H,23,25). The molecule has 138 valence electrons. The second-order valence-electron chi connectivity index (χ2n) is 6.34. The van der Waals surface area contributed by atoms with Gasteiger partial charge < -0.3 is 15.5 Å². The zero-order valence-electron chi connectivity index (χ0n) is 15.1. The Morgan fingerprint density at radius 2 is 1.54 bits per heavy atom. The van der Waals surface area contributed by atoms with Gasteiger partial charge in [-0.25, -0.2) is 0 Å². The van der Waals surface area contributed by atoms with Crippen LogP contribution in [-0.4, -0.2) is 37.4 Å². The third kappa shape index (κ3) is 6.98. The van der Waals surface area contributed by atoms with E-state index >= 15 is 0 Å². The van der Waals surface area contributed by atoms with Crippen LogP contribution in [0.4, 0.5) is 0 Å². The predicted molar refractivity (Wildman–Crippen MR) is 107 cm³/mol. The predicted octanol–water partition coefficient (Wildman–Crippen LogP) is 2.95. The molecule has 0 aromatic heterocycles. The third-order valence-corrected chi connectivity index (χ3v) is 4.28. The Hall–Kier alpha value is -2.18. The van der Waals surface area contributed by atoms with E-state index in [2.05, 4.69) is 43.6 Å². The van der Waals surface area contributed by atoms with Crippen molar-refractivity contribution in [3.05, 3.63) is 69.7 Å². The Labute approximate surface area is 162 Å². The van der Waals surface area contributed by atoms with E-state index in [1.54, 1.807) is 12.1 Å². The van der Waals surface area contributed by atoms with Gasteiger partial charge in [-0.3, -0.25) is 9.59 Å². The molecule has 5 nitrogen and oxygen atoms in total. The van der Waals surface area contributed by atoms with Crippen molar-refractivity contribution in [2.24, 2.45) is 0 Å². The first kappa shape index (κ1) is 20.1. The summed E-state index contributed by atoms with van der Waals surface area (Å²) in [7, 11) is 4.06. The number of nitrogens with zero attached hydrogens (tertiary/aromatic N) is 1. The number of rotatable bonds is 8. The summed E-state index contributed by atoms with van der Waals surface area (Å²) in [6, 6.07) is 15.3. The number of amides is 2. The molecule has 0 unspecified atom stereocenters. The van der Waals surface area contributed by atoms with E-state index in [-0.39, 0.29) is 18.2 Å². The average molecular weight is 418 g/mol. The minimum absolute atomic E-state index is 0.0847. The largest absolute Gasteiger partial charge is 0.352 e. The summed E-state index contributed by atoms with van der Waals surface area (Å²) in [4.78, 5) is 26.0. The fraction of sp³-hybridized carbons (Fsp3) is 0.300. The van der Waals surface area contributed by atoms with Crippen LogP contribution < -0.4 is 10.6 Å². The monoisotopic (exact) mass is 417 g/mol. The van der Waals surface area contributed by atoms with Crippen LogP contribution in [0, 0.1) is 0 Å². The highest BCUT2D eigenvalue weighted by Gasteiger charge is 2.06. The zero-order chi connectivity index (χ0) is 18.9. The van der Waals surface area contributed by atoms with Crippen LogP contribution in [0.2, 0.25) is 0 Å². The van der Waals surface area contributed by atoms with Crippen molar-refractivity contribution in [2.75, 3.05) is 20.6 Å². The van der Waals surface area contributed by atoms with Gasteiger partial charge in [0.2, 0.25) is 5.91 Å². The van der Waals surface area contributed by atoms with E-state index in [1.807, 2.05) is 38.4 Å². The molecule has 0 bridgehead atoms. The van der Waals surface area contributed by atoms with Gasteiger partial charge in [-0.2, -0.15) is 0 Å². The number of benzene rings is 2. The van der Waals surface area contributed by atoms with Crippen LogP contribution in [-0.2, 0) is 17.9 Å². The lowest BCUT2D eigenvalue weighted by Gasteiger charge is -2.10. The van der Waals surface area contributed by atoms with Crippen LogP contribution >= 0.6 is 15.9 Å². The third-order valence-electron chi connectivity index (χ3n) is 3.76. The van der Waals surface area contributed by atoms with Crippen LogP contribution in [0.25, 0.3) is 0 Å². The molecule has 0 spiro atoms. The van der Waals surface area contributed by atoms with Gasteiger partial charge >= 0.3 is 0 Å². The number of hydrogen-bond donors (Lipinski definition) is 2. The summed E-state index contributed by atoms with van der Waals surface area (Å²) in [5, 5.41) is 5.63. The maximum absolute atomic E-state index is 12.0. The lowest BCUT2D eigenvalue weighted by atomic mass is 10.1. The molecule has 0 fully saturated rings. The van der Waals surface area contributed by atoms with Crippen molar-refractivity contribution in [1.82, 2.24) is 15.5 Å². The SMILES string of the molecule is CN(C)Cc1ccc(CNC(=O)CCNC(=O)c2ccc(Br)cc2)cc1. The van der Waals surface area contributed by atoms with Gasteiger partial charge in [0, 0.05) is 36.1 Å². The molecule has 2 N–H and O–H groups in total. The fourth-order valence-corrected chi connectivity index (χ4v) is 2.67. The maximum atomic E-state index is 12.0. The molecule has 2 aromatic carbocycles. The lowest BCUT2D eigenvalue weighted by molar-refractivity contribution is -0.121. The first-order valence-corrected chi connectivity index (χ1v) is 9.26. The van der Waals surface area contributed by atoms with Crippen molar-refractivity contribution in [3.63, 3.8) is 0 Å². The Morgan fingerprint density at radius 1 is 0.923 bits per heavy atom. The molecule has 2 rings (SSSR count). The quantitative estimate of drug-likeness (QED) is 0.693. The Bertz CT molecular complexity index is 728. The zero-order valence-corrected chi connectivity index (χ0v) is 16.7. The van der Waals surface area contributed by atoms with Gasteiger partial charge in [-0.15, -0.1) is 0 Å². The van der Waals surface area contributed by atoms with E-state index in [4.69, 9.17) is 0 Å². The Morgan fingerprint density at radius 3 is 2.15 bits per heavy atom. The second-order valence-corrected chi connectivity index (χ2v) is 7.26. The Kier molecular flexibility index (Phi) is 7.81. The van der Waals surface area contributed by atoms with Crippen molar-refractivity contribution < 1.29 is 9.59 Å². The summed E-state index contributed by atoms with van der Waals surface area (Å²) < 4.78 is 0.920. The minimum atomic E-state index is -0.179. The number of carbonyl (C=O) groups excluding carboxylic acids is 2. The van der Waals surface area contributed by atoms with Gasteiger partial charge in [0.1, 0.15) is 0 Å². The maximum Gasteiger partial charge on any atom is 0.251 e. The van der Waals surface area contributed by atoms with E-state index < -0.39 is 0 Å². The van der Waals surface area contributed by atoms with E-state index in [9.17, 15) is 9.59 Å². The van der Waals surface area contributed by atoms with Crippen LogP contribution in [0.15, 0.2) is 53.0 Å². The molecule has 0 saturated carbocycles. The number of hydrogen-bond acceptors (Lipinski definition) is 3. The molecule has 0 saturated heterocycles. The second kappa shape index (κ2) is 10.1. The fourth-order valence-electron chi connectivity index (χ4n) is 2.41. The first-order valence-electron chi connectivity index (χ1n) is 8.47. The highest BCUT2D eigenvalue weighted by molar-refractivity contribution is 9.10. The summed E-state index contributed by atoms with van der Waals surface area (Å²) in [5.74, 6) is -0.264. The van der Waals surface area contributed by atoms with Crippen molar-refractivity contribution in [3.8, 4) is 0 Å². The summed E-state index contributed by atoms with van der Waals surface area (Å²) in [5.41, 5.74) is 2.87. The van der Waals surface area contributed by atoms with Crippen LogP contribution in [0.3, 0.4) is 0 Å². The molecular weight excluding hydrogens is 394 g/mol. The highest BCUT2D eigenvalue weighted by Crippen LogP contribution is 2.10. The number of carbonyl (C=O) groups is 2. The molecule has 6 heteroatoms. The first-order chi connectivity index (χ1) is 12.4. The molecule has 0 radical (unpaired) electrons. The summed E-state index contributed by atoms with van der Waals surface area (Å²) >= 11 is 3.33. The Balaban J connectivity index is 1.68. The summed E-state index contributed by atoms with van der Waals surface area (Å²) in [6.07, 6.45) is 0.251. The molecule has 2 amide bonds. The normalized spacial score (nSPS) is 10.6. The van der Waals surface area contributed by atoms with Crippen LogP contribution in [0.5, 0.6) is 0 Å². The molecule has 2 aromatic rings. The molecular formula is C20H24BrN3O2. The average Bonchev–Trinajstić information content (AvgIpc) is 2.61. The molecule has 0 atom stereocenters. The molecule has 0 aliphatic heterocycles. The minimum Gasteiger partial charge on any atom is -0.352 e. The summed E-state index contributed by atoms with van der Waals surface area (Å²) in [6.45, 7) is 1.69. The smallest absolute Gasteiger partial charge is 0.251 e. The number of halogens is 1. The molecule has 26 heavy (non-hydrogen) atoms. The highest BCUT2D eigenvalue weighted by atomic mass is 79.9. The number of nitrogens with one attached hydrogen (secondary N) is 2. The van der Waals surface area contributed by atoms with E-state index in [0.29, 0.717) is 18.7 Å². The van der Waals surface area contributed by atoms with Gasteiger partial charge in [0.15, 0.2) is 0 Å². The van der Waals surface area contributed by atoms with E-state index in [1.165, 1.54) is 5.56 Å². The van der Waals surface area contributed by atoms with Gasteiger partial charge in [0.25, 0.3) is 5.91 Å². The van der Waals surface area contributed by atoms with Crippen molar-refractivity contribution in [1.29, 1.82) is 0 Å². The van der Waals surface area contributed by atoms with Crippen LogP contribution in [0.1, 0.15) is 27.9 Å². The topological polar surface area (TPSA) is 61.4 Å². The van der Waals surface area contributed by atoms with E-state index in [0.717, 1.165) is 16.6 Å². The molecule has 0 heterocycles. The van der Waals surface area contributed by atoms with Crippen molar-refractivity contribution >= 4 is 27.7 Å². The van der Waals surface area contributed by atoms with Crippen molar-refractivity contribution in [2.45, 2.75) is 19.5 Å². The molecule has 0 aliphatic rings. The lowest BCUT2D eigenvalue weighted by Crippen LogP contribution is -2.30. The van der Waals surface area contributed by atoms with Gasteiger partial charge in [-0.1, -0.05) is 40.2 Å². The van der Waals surface area contributed by atoms with Gasteiger partial charge in [0.05, 0.1) is 0 Å².